The van der Waals surface area contributed by atoms with Crippen LogP contribution in [0.5, 0.6) is 0 Å². The molecule has 28 heavy (non-hydrogen) atoms. The molecule has 0 unspecified atom stereocenters. The van der Waals surface area contributed by atoms with Crippen molar-refractivity contribution in [2.45, 2.75) is 0 Å². The maximum Gasteiger partial charge on any atom is 0.272 e. The average Bonchev–Trinajstić information content (AvgIpc) is 2.74. The maximum absolute atomic E-state index is 12.8. The number of nitrogens with one attached hydrogen (secondary N) is 1. The molecule has 1 N–H and O–H groups in total. The summed E-state index contributed by atoms with van der Waals surface area (Å²) < 4.78 is 0.985. The highest BCUT2D eigenvalue weighted by molar-refractivity contribution is 9.10. The van der Waals surface area contributed by atoms with E-state index in [1.54, 1.807) is 12.3 Å². The first-order valence-corrected chi connectivity index (χ1v) is 9.40. The highest BCUT2D eigenvalue weighted by atomic mass is 79.9. The van der Waals surface area contributed by atoms with E-state index in [1.165, 1.54) is 6.21 Å². The van der Waals surface area contributed by atoms with E-state index in [0.29, 0.717) is 11.3 Å². The number of hydrogen-bond acceptors (Lipinski definition) is 4. The number of amides is 1. The number of benzene rings is 2. The summed E-state index contributed by atoms with van der Waals surface area (Å²) in [5.41, 5.74) is 6.17. The van der Waals surface area contributed by atoms with E-state index in [2.05, 4.69) is 31.4 Å². The molecule has 2 heterocycles. The van der Waals surface area contributed by atoms with Crippen LogP contribution in [0.25, 0.3) is 22.2 Å². The fourth-order valence-corrected chi connectivity index (χ4v) is 3.07. The summed E-state index contributed by atoms with van der Waals surface area (Å²) in [5.74, 6) is -0.302. The predicted molar refractivity (Wildman–Crippen MR) is 114 cm³/mol. The van der Waals surface area contributed by atoms with Crippen LogP contribution in [-0.2, 0) is 0 Å². The number of hydrogen-bond donors (Lipinski definition) is 1. The number of nitrogens with zero attached hydrogens (tertiary/aromatic N) is 3. The van der Waals surface area contributed by atoms with Crippen molar-refractivity contribution in [2.75, 3.05) is 0 Å². The Morgan fingerprint density at radius 2 is 1.79 bits per heavy atom. The predicted octanol–water partition coefficient (Wildman–Crippen LogP) is 4.82. The molecule has 6 heteroatoms. The topological polar surface area (TPSA) is 67.2 Å². The Morgan fingerprint density at radius 3 is 2.57 bits per heavy atom. The fraction of sp³-hybridized carbons (Fsp3) is 0. The van der Waals surface area contributed by atoms with Gasteiger partial charge in [-0.1, -0.05) is 52.3 Å². The molecule has 0 saturated heterocycles. The van der Waals surface area contributed by atoms with Crippen molar-refractivity contribution in [3.8, 4) is 11.3 Å². The molecule has 0 saturated carbocycles. The second kappa shape index (κ2) is 8.10. The minimum absolute atomic E-state index is 0.302. The summed E-state index contributed by atoms with van der Waals surface area (Å²) in [6.45, 7) is 0. The molecular weight excluding hydrogens is 416 g/mol. The summed E-state index contributed by atoms with van der Waals surface area (Å²) in [6.07, 6.45) is 3.18. The Morgan fingerprint density at radius 1 is 1.00 bits per heavy atom. The summed E-state index contributed by atoms with van der Waals surface area (Å²) >= 11 is 3.44. The van der Waals surface area contributed by atoms with Crippen LogP contribution in [0.1, 0.15) is 16.1 Å². The van der Waals surface area contributed by atoms with Gasteiger partial charge in [0.25, 0.3) is 5.91 Å². The zero-order chi connectivity index (χ0) is 19.3. The number of fused-ring (bicyclic) bond motifs is 1. The van der Waals surface area contributed by atoms with Gasteiger partial charge in [0.1, 0.15) is 0 Å². The zero-order valence-corrected chi connectivity index (χ0v) is 16.3. The SMILES string of the molecule is O=C(N/N=C\c1ccccn1)c1cc(-c2ccc(Br)cc2)nc2ccccc12. The Kier molecular flexibility index (Phi) is 5.21. The minimum atomic E-state index is -0.302. The molecule has 0 radical (unpaired) electrons. The average molecular weight is 431 g/mol. The van der Waals surface area contributed by atoms with Crippen molar-refractivity contribution in [3.05, 3.63) is 94.7 Å². The molecule has 5 nitrogen and oxygen atoms in total. The second-order valence-electron chi connectivity index (χ2n) is 6.03. The molecule has 1 amide bonds. The van der Waals surface area contributed by atoms with E-state index in [-0.39, 0.29) is 5.91 Å². The molecule has 0 spiro atoms. The maximum atomic E-state index is 12.8. The Balaban J connectivity index is 1.69. The van der Waals surface area contributed by atoms with Crippen LogP contribution < -0.4 is 5.43 Å². The van der Waals surface area contributed by atoms with Crippen LogP contribution in [0.15, 0.2) is 88.6 Å². The van der Waals surface area contributed by atoms with Crippen LogP contribution >= 0.6 is 15.9 Å². The van der Waals surface area contributed by atoms with Crippen LogP contribution in [0.3, 0.4) is 0 Å². The quantitative estimate of drug-likeness (QED) is 0.372. The first-order valence-electron chi connectivity index (χ1n) is 8.61. The van der Waals surface area contributed by atoms with E-state index in [9.17, 15) is 4.79 Å². The molecule has 0 aliphatic carbocycles. The molecule has 2 aromatic carbocycles. The van der Waals surface area contributed by atoms with E-state index < -0.39 is 0 Å². The van der Waals surface area contributed by atoms with Crippen molar-refractivity contribution in [2.24, 2.45) is 5.10 Å². The number of carbonyl (C=O) groups is 1. The molecule has 0 fully saturated rings. The van der Waals surface area contributed by atoms with Gasteiger partial charge in [-0.25, -0.2) is 10.4 Å². The first-order chi connectivity index (χ1) is 13.7. The Hall–Kier alpha value is -3.38. The molecule has 0 aliphatic heterocycles. The smallest absolute Gasteiger partial charge is 0.267 e. The number of pyridine rings is 2. The summed E-state index contributed by atoms with van der Waals surface area (Å²) in [5, 5.41) is 4.80. The molecular formula is C22H15BrN4O. The van der Waals surface area contributed by atoms with Gasteiger partial charge in [-0.3, -0.25) is 9.78 Å². The van der Waals surface area contributed by atoms with Crippen molar-refractivity contribution >= 4 is 39.0 Å². The zero-order valence-electron chi connectivity index (χ0n) is 14.7. The van der Waals surface area contributed by atoms with E-state index >= 15 is 0 Å². The highest BCUT2D eigenvalue weighted by Gasteiger charge is 2.13. The van der Waals surface area contributed by atoms with E-state index in [4.69, 9.17) is 4.98 Å². The lowest BCUT2D eigenvalue weighted by Crippen LogP contribution is -2.18. The monoisotopic (exact) mass is 430 g/mol. The number of halogens is 1. The van der Waals surface area contributed by atoms with Crippen LogP contribution in [0, 0.1) is 0 Å². The third kappa shape index (κ3) is 3.97. The number of hydrazone groups is 1. The lowest BCUT2D eigenvalue weighted by atomic mass is 10.0. The lowest BCUT2D eigenvalue weighted by molar-refractivity contribution is 0.0956. The molecule has 0 aliphatic rings. The van der Waals surface area contributed by atoms with Gasteiger partial charge in [0.2, 0.25) is 0 Å². The number of para-hydroxylation sites is 1. The summed E-state index contributed by atoms with van der Waals surface area (Å²) in [6, 6.07) is 22.7. The Bertz CT molecular complexity index is 1160. The molecule has 4 rings (SSSR count). The standard InChI is InChI=1S/C22H15BrN4O/c23-16-10-8-15(9-11-16)21-13-19(18-6-1-2-7-20(18)26-21)22(28)27-25-14-17-5-3-4-12-24-17/h1-14H,(H,27,28)/b25-14-. The molecule has 2 aromatic heterocycles. The Labute approximate surface area is 170 Å². The van der Waals surface area contributed by atoms with Gasteiger partial charge < -0.3 is 0 Å². The molecule has 0 bridgehead atoms. The highest BCUT2D eigenvalue weighted by Crippen LogP contribution is 2.26. The van der Waals surface area contributed by atoms with Crippen molar-refractivity contribution in [1.29, 1.82) is 0 Å². The van der Waals surface area contributed by atoms with Gasteiger partial charge in [0, 0.05) is 21.6 Å². The van der Waals surface area contributed by atoms with Gasteiger partial charge in [-0.05, 0) is 36.4 Å². The number of aromatic nitrogens is 2. The molecule has 0 atom stereocenters. The third-order valence-electron chi connectivity index (χ3n) is 4.15. The van der Waals surface area contributed by atoms with Gasteiger partial charge in [0.15, 0.2) is 0 Å². The summed E-state index contributed by atoms with van der Waals surface area (Å²) in [7, 11) is 0. The number of carbonyl (C=O) groups excluding carboxylic acids is 1. The largest absolute Gasteiger partial charge is 0.272 e. The normalized spacial score (nSPS) is 11.0. The summed E-state index contributed by atoms with van der Waals surface area (Å²) in [4.78, 5) is 21.7. The van der Waals surface area contributed by atoms with Gasteiger partial charge >= 0.3 is 0 Å². The van der Waals surface area contributed by atoms with Gasteiger partial charge in [-0.15, -0.1) is 0 Å². The van der Waals surface area contributed by atoms with Crippen LogP contribution in [-0.4, -0.2) is 22.1 Å². The van der Waals surface area contributed by atoms with Crippen LogP contribution in [0.2, 0.25) is 0 Å². The fourth-order valence-electron chi connectivity index (χ4n) is 2.80. The second-order valence-corrected chi connectivity index (χ2v) is 6.95. The van der Waals surface area contributed by atoms with Gasteiger partial charge in [0.05, 0.1) is 28.7 Å². The van der Waals surface area contributed by atoms with Gasteiger partial charge in [-0.2, -0.15) is 5.10 Å². The van der Waals surface area contributed by atoms with Crippen molar-refractivity contribution in [3.63, 3.8) is 0 Å². The lowest BCUT2D eigenvalue weighted by Gasteiger charge is -2.09. The third-order valence-corrected chi connectivity index (χ3v) is 4.68. The van der Waals surface area contributed by atoms with E-state index in [0.717, 1.165) is 26.6 Å². The first kappa shape index (κ1) is 18.0. The van der Waals surface area contributed by atoms with Crippen molar-refractivity contribution < 1.29 is 4.79 Å². The molecule has 136 valence electrons. The van der Waals surface area contributed by atoms with Crippen molar-refractivity contribution in [1.82, 2.24) is 15.4 Å². The minimum Gasteiger partial charge on any atom is -0.267 e. The molecule has 4 aromatic rings. The van der Waals surface area contributed by atoms with E-state index in [1.807, 2.05) is 66.7 Å². The van der Waals surface area contributed by atoms with Crippen LogP contribution in [0.4, 0.5) is 0 Å². The number of rotatable bonds is 4.